The molecule has 0 aliphatic carbocycles. The van der Waals surface area contributed by atoms with Crippen molar-refractivity contribution in [3.05, 3.63) is 36.0 Å². The van der Waals surface area contributed by atoms with E-state index in [-0.39, 0.29) is 11.2 Å². The van der Waals surface area contributed by atoms with Gasteiger partial charge in [0.2, 0.25) is 0 Å². The highest BCUT2D eigenvalue weighted by molar-refractivity contribution is 7.80. The molecule has 3 heteroatoms. The van der Waals surface area contributed by atoms with Crippen molar-refractivity contribution in [1.29, 1.82) is 0 Å². The van der Waals surface area contributed by atoms with Gasteiger partial charge in [-0.15, -0.1) is 12.6 Å². The second-order valence-corrected chi connectivity index (χ2v) is 6.85. The van der Waals surface area contributed by atoms with E-state index in [1.165, 1.54) is 0 Å². The van der Waals surface area contributed by atoms with Crippen LogP contribution in [-0.2, 0) is 0 Å². The SMILES string of the molecule is CC(C)(C)CCCC(=O)c1ccnc2c(S)cccc12. The quantitative estimate of drug-likeness (QED) is 0.639. The molecule has 0 amide bonds. The molecule has 0 bridgehead atoms. The predicted molar refractivity (Wildman–Crippen MR) is 86.6 cm³/mol. The van der Waals surface area contributed by atoms with E-state index in [1.54, 1.807) is 6.20 Å². The highest BCUT2D eigenvalue weighted by atomic mass is 32.1. The zero-order chi connectivity index (χ0) is 14.8. The lowest BCUT2D eigenvalue weighted by Gasteiger charge is -2.17. The first-order chi connectivity index (χ1) is 9.38. The summed E-state index contributed by atoms with van der Waals surface area (Å²) < 4.78 is 0. The molecular formula is C17H21NOS. The van der Waals surface area contributed by atoms with Gasteiger partial charge in [-0.2, -0.15) is 0 Å². The summed E-state index contributed by atoms with van der Waals surface area (Å²) in [5.41, 5.74) is 1.84. The first-order valence-electron chi connectivity index (χ1n) is 6.98. The number of para-hydroxylation sites is 1. The zero-order valence-corrected chi connectivity index (χ0v) is 13.2. The third-order valence-corrected chi connectivity index (χ3v) is 3.74. The molecule has 1 heterocycles. The van der Waals surface area contributed by atoms with E-state index in [0.717, 1.165) is 34.2 Å². The lowest BCUT2D eigenvalue weighted by Crippen LogP contribution is -2.07. The maximum Gasteiger partial charge on any atom is 0.163 e. The number of aromatic nitrogens is 1. The first-order valence-corrected chi connectivity index (χ1v) is 7.43. The first kappa shape index (κ1) is 15.0. The van der Waals surface area contributed by atoms with Gasteiger partial charge >= 0.3 is 0 Å². The Morgan fingerprint density at radius 2 is 2.00 bits per heavy atom. The molecule has 0 saturated heterocycles. The van der Waals surface area contributed by atoms with E-state index in [2.05, 4.69) is 38.4 Å². The van der Waals surface area contributed by atoms with Crippen molar-refractivity contribution in [3.8, 4) is 0 Å². The molecule has 0 aliphatic rings. The van der Waals surface area contributed by atoms with Gasteiger partial charge in [0.1, 0.15) is 0 Å². The van der Waals surface area contributed by atoms with Gasteiger partial charge in [0.25, 0.3) is 0 Å². The second kappa shape index (κ2) is 5.96. The van der Waals surface area contributed by atoms with Crippen LogP contribution in [0.25, 0.3) is 10.9 Å². The van der Waals surface area contributed by atoms with Crippen LogP contribution < -0.4 is 0 Å². The Kier molecular flexibility index (Phi) is 4.48. The minimum Gasteiger partial charge on any atom is -0.294 e. The molecule has 2 rings (SSSR count). The number of hydrogen-bond donors (Lipinski definition) is 1. The van der Waals surface area contributed by atoms with Gasteiger partial charge in [-0.05, 0) is 30.4 Å². The number of benzene rings is 1. The van der Waals surface area contributed by atoms with E-state index in [9.17, 15) is 4.79 Å². The highest BCUT2D eigenvalue weighted by Gasteiger charge is 2.14. The predicted octanol–water partition coefficient (Wildman–Crippen LogP) is 4.92. The van der Waals surface area contributed by atoms with Crippen molar-refractivity contribution in [1.82, 2.24) is 4.98 Å². The van der Waals surface area contributed by atoms with Gasteiger partial charge in [-0.25, -0.2) is 0 Å². The topological polar surface area (TPSA) is 30.0 Å². The highest BCUT2D eigenvalue weighted by Crippen LogP contribution is 2.26. The average molecular weight is 287 g/mol. The summed E-state index contributed by atoms with van der Waals surface area (Å²) in [7, 11) is 0. The molecule has 0 fully saturated rings. The Morgan fingerprint density at radius 1 is 1.25 bits per heavy atom. The maximum atomic E-state index is 12.4. The van der Waals surface area contributed by atoms with E-state index in [1.807, 2.05) is 24.3 Å². The van der Waals surface area contributed by atoms with Gasteiger partial charge < -0.3 is 0 Å². The number of carbonyl (C=O) groups is 1. The van der Waals surface area contributed by atoms with Crippen molar-refractivity contribution in [3.63, 3.8) is 0 Å². The fourth-order valence-corrected chi connectivity index (χ4v) is 2.58. The van der Waals surface area contributed by atoms with Gasteiger partial charge in [0, 0.05) is 28.5 Å². The van der Waals surface area contributed by atoms with Crippen LogP contribution in [0.15, 0.2) is 35.4 Å². The number of hydrogen-bond acceptors (Lipinski definition) is 3. The summed E-state index contributed by atoms with van der Waals surface area (Å²) in [6, 6.07) is 7.57. The molecule has 20 heavy (non-hydrogen) atoms. The van der Waals surface area contributed by atoms with E-state index >= 15 is 0 Å². The third-order valence-electron chi connectivity index (χ3n) is 3.38. The summed E-state index contributed by atoms with van der Waals surface area (Å²) in [6.07, 6.45) is 4.26. The molecule has 0 unspecified atom stereocenters. The normalized spacial score (nSPS) is 11.8. The van der Waals surface area contributed by atoms with Crippen LogP contribution in [0.2, 0.25) is 0 Å². The fraction of sp³-hybridized carbons (Fsp3) is 0.412. The summed E-state index contributed by atoms with van der Waals surface area (Å²) in [4.78, 5) is 17.5. The lowest BCUT2D eigenvalue weighted by molar-refractivity contribution is 0.0977. The number of rotatable bonds is 4. The molecule has 0 radical (unpaired) electrons. The number of thiol groups is 1. The molecule has 0 atom stereocenters. The summed E-state index contributed by atoms with van der Waals surface area (Å²) >= 11 is 4.40. The zero-order valence-electron chi connectivity index (χ0n) is 12.3. The number of nitrogens with zero attached hydrogens (tertiary/aromatic N) is 1. The van der Waals surface area contributed by atoms with Crippen molar-refractivity contribution in [2.45, 2.75) is 44.9 Å². The Bertz CT molecular complexity index is 628. The van der Waals surface area contributed by atoms with Gasteiger partial charge in [0.05, 0.1) is 5.52 Å². The Hall–Kier alpha value is -1.35. The van der Waals surface area contributed by atoms with Gasteiger partial charge in [-0.3, -0.25) is 9.78 Å². The van der Waals surface area contributed by atoms with Crippen LogP contribution >= 0.6 is 12.6 Å². The molecule has 0 spiro atoms. The molecule has 2 aromatic rings. The van der Waals surface area contributed by atoms with E-state index < -0.39 is 0 Å². The Morgan fingerprint density at radius 3 is 2.70 bits per heavy atom. The molecular weight excluding hydrogens is 266 g/mol. The molecule has 0 saturated carbocycles. The van der Waals surface area contributed by atoms with Crippen molar-refractivity contribution >= 4 is 29.3 Å². The number of ketones is 1. The number of fused-ring (bicyclic) bond motifs is 1. The maximum absolute atomic E-state index is 12.4. The average Bonchev–Trinajstić information content (AvgIpc) is 2.37. The van der Waals surface area contributed by atoms with Crippen molar-refractivity contribution in [2.24, 2.45) is 5.41 Å². The minimum atomic E-state index is 0.195. The fourth-order valence-electron chi connectivity index (χ4n) is 2.32. The third kappa shape index (κ3) is 3.60. The number of pyridine rings is 1. The summed E-state index contributed by atoms with van der Waals surface area (Å²) in [6.45, 7) is 6.60. The van der Waals surface area contributed by atoms with Crippen LogP contribution in [0.1, 0.15) is 50.4 Å². The van der Waals surface area contributed by atoms with Crippen molar-refractivity contribution < 1.29 is 4.79 Å². The summed E-state index contributed by atoms with van der Waals surface area (Å²) in [5, 5.41) is 0.903. The molecule has 106 valence electrons. The van der Waals surface area contributed by atoms with Crippen LogP contribution in [-0.4, -0.2) is 10.8 Å². The molecule has 1 aromatic heterocycles. The second-order valence-electron chi connectivity index (χ2n) is 6.37. The number of Topliss-reactive ketones (excluding diaryl/α,β-unsaturated/α-hetero) is 1. The Balaban J connectivity index is 2.21. The van der Waals surface area contributed by atoms with Crippen LogP contribution in [0.4, 0.5) is 0 Å². The van der Waals surface area contributed by atoms with Gasteiger partial charge in [-0.1, -0.05) is 32.9 Å². The van der Waals surface area contributed by atoms with Crippen LogP contribution in [0, 0.1) is 5.41 Å². The smallest absolute Gasteiger partial charge is 0.163 e. The monoisotopic (exact) mass is 287 g/mol. The largest absolute Gasteiger partial charge is 0.294 e. The lowest BCUT2D eigenvalue weighted by atomic mass is 9.88. The van der Waals surface area contributed by atoms with Crippen molar-refractivity contribution in [2.75, 3.05) is 0 Å². The van der Waals surface area contributed by atoms with E-state index in [4.69, 9.17) is 0 Å². The molecule has 0 aliphatic heterocycles. The van der Waals surface area contributed by atoms with E-state index in [0.29, 0.717) is 6.42 Å². The molecule has 0 N–H and O–H groups in total. The molecule has 2 nitrogen and oxygen atoms in total. The van der Waals surface area contributed by atoms with Crippen LogP contribution in [0.3, 0.4) is 0 Å². The van der Waals surface area contributed by atoms with Crippen LogP contribution in [0.5, 0.6) is 0 Å². The standard InChI is InChI=1S/C17H21NOS/c1-17(2,3)10-5-7-14(19)12-9-11-18-16-13(12)6-4-8-15(16)20/h4,6,8-9,11,20H,5,7,10H2,1-3H3. The summed E-state index contributed by atoms with van der Waals surface area (Å²) in [5.74, 6) is 0.195. The number of carbonyl (C=O) groups excluding carboxylic acids is 1. The van der Waals surface area contributed by atoms with Gasteiger partial charge in [0.15, 0.2) is 5.78 Å². The minimum absolute atomic E-state index is 0.195. The Labute approximate surface area is 126 Å². The molecule has 1 aromatic carbocycles.